The molecule has 0 bridgehead atoms. The number of nitrogens with two attached hydrogens (primary N) is 1. The van der Waals surface area contributed by atoms with Crippen LogP contribution in [0.4, 0.5) is 0 Å². The lowest BCUT2D eigenvalue weighted by atomic mass is 10.1. The van der Waals surface area contributed by atoms with Crippen LogP contribution in [0.25, 0.3) is 0 Å². The Bertz CT molecular complexity index is 81.7. The highest BCUT2D eigenvalue weighted by molar-refractivity contribution is 7.99. The molecule has 1 rings (SSSR count). The number of hydrogen-bond acceptors (Lipinski definition) is 3. The number of hydrogen-bond donors (Lipinski definition) is 2. The van der Waals surface area contributed by atoms with Crippen LogP contribution in [-0.2, 0) is 0 Å². The van der Waals surface area contributed by atoms with Crippen molar-refractivity contribution in [2.75, 3.05) is 31.1 Å². The monoisotopic (exact) mass is 160 g/mol. The SMILES string of the molecule is NCCNCC1CCSC1. The van der Waals surface area contributed by atoms with Gasteiger partial charge in [-0.25, -0.2) is 0 Å². The van der Waals surface area contributed by atoms with E-state index in [0.29, 0.717) is 0 Å². The van der Waals surface area contributed by atoms with Crippen molar-refractivity contribution in [3.05, 3.63) is 0 Å². The first-order chi connectivity index (χ1) is 4.93. The highest BCUT2D eigenvalue weighted by Gasteiger charge is 2.13. The summed E-state index contributed by atoms with van der Waals surface area (Å²) in [6.07, 6.45) is 1.39. The summed E-state index contributed by atoms with van der Waals surface area (Å²) in [5.41, 5.74) is 5.35. The van der Waals surface area contributed by atoms with Crippen LogP contribution in [-0.4, -0.2) is 31.1 Å². The van der Waals surface area contributed by atoms with Crippen molar-refractivity contribution in [2.45, 2.75) is 6.42 Å². The second-order valence-corrected chi connectivity index (χ2v) is 3.87. The highest BCUT2D eigenvalue weighted by atomic mass is 32.2. The lowest BCUT2D eigenvalue weighted by Gasteiger charge is -2.07. The molecular formula is C7H16N2S. The topological polar surface area (TPSA) is 38.0 Å². The fraction of sp³-hybridized carbons (Fsp3) is 1.00. The van der Waals surface area contributed by atoms with E-state index in [-0.39, 0.29) is 0 Å². The molecule has 0 spiro atoms. The molecule has 0 aromatic heterocycles. The third-order valence-electron chi connectivity index (χ3n) is 1.78. The summed E-state index contributed by atoms with van der Waals surface area (Å²) in [4.78, 5) is 0. The van der Waals surface area contributed by atoms with Gasteiger partial charge in [0.05, 0.1) is 0 Å². The minimum atomic E-state index is 0.764. The van der Waals surface area contributed by atoms with Gasteiger partial charge in [-0.2, -0.15) is 11.8 Å². The Kier molecular flexibility index (Phi) is 4.18. The minimum Gasteiger partial charge on any atom is -0.329 e. The number of thioether (sulfide) groups is 1. The van der Waals surface area contributed by atoms with Crippen LogP contribution in [0, 0.1) is 5.92 Å². The Hall–Kier alpha value is 0.270. The fourth-order valence-electron chi connectivity index (χ4n) is 1.15. The van der Waals surface area contributed by atoms with E-state index < -0.39 is 0 Å². The van der Waals surface area contributed by atoms with E-state index >= 15 is 0 Å². The van der Waals surface area contributed by atoms with Gasteiger partial charge >= 0.3 is 0 Å². The van der Waals surface area contributed by atoms with Crippen LogP contribution in [0.5, 0.6) is 0 Å². The van der Waals surface area contributed by atoms with E-state index in [1.807, 2.05) is 0 Å². The molecule has 1 atom stereocenters. The molecule has 1 unspecified atom stereocenters. The van der Waals surface area contributed by atoms with Crippen molar-refractivity contribution >= 4 is 11.8 Å². The van der Waals surface area contributed by atoms with Crippen molar-refractivity contribution in [3.63, 3.8) is 0 Å². The summed E-state index contributed by atoms with van der Waals surface area (Å²) in [5.74, 6) is 3.61. The van der Waals surface area contributed by atoms with Gasteiger partial charge in [-0.15, -0.1) is 0 Å². The molecule has 0 saturated carbocycles. The summed E-state index contributed by atoms with van der Waals surface area (Å²) in [7, 11) is 0. The zero-order valence-electron chi connectivity index (χ0n) is 6.31. The van der Waals surface area contributed by atoms with E-state index in [2.05, 4.69) is 17.1 Å². The summed E-state index contributed by atoms with van der Waals surface area (Å²) in [5, 5.41) is 3.34. The molecule has 3 N–H and O–H groups in total. The van der Waals surface area contributed by atoms with Gasteiger partial charge in [0.1, 0.15) is 0 Å². The fourth-order valence-corrected chi connectivity index (χ4v) is 2.44. The Morgan fingerprint density at radius 3 is 3.10 bits per heavy atom. The van der Waals surface area contributed by atoms with Crippen molar-refractivity contribution < 1.29 is 0 Å². The van der Waals surface area contributed by atoms with Crippen LogP contribution >= 0.6 is 11.8 Å². The highest BCUT2D eigenvalue weighted by Crippen LogP contribution is 2.22. The summed E-state index contributed by atoms with van der Waals surface area (Å²) >= 11 is 2.07. The van der Waals surface area contributed by atoms with Gasteiger partial charge < -0.3 is 11.1 Å². The third kappa shape index (κ3) is 2.90. The molecule has 60 valence electrons. The normalized spacial score (nSPS) is 25.5. The van der Waals surface area contributed by atoms with E-state index in [1.165, 1.54) is 24.5 Å². The van der Waals surface area contributed by atoms with Crippen LogP contribution in [0.1, 0.15) is 6.42 Å². The first-order valence-electron chi connectivity index (χ1n) is 3.92. The average Bonchev–Trinajstić information content (AvgIpc) is 2.41. The van der Waals surface area contributed by atoms with E-state index in [4.69, 9.17) is 5.73 Å². The minimum absolute atomic E-state index is 0.764. The van der Waals surface area contributed by atoms with Gasteiger partial charge in [0.2, 0.25) is 0 Å². The molecule has 0 aromatic carbocycles. The Morgan fingerprint density at radius 1 is 1.60 bits per heavy atom. The predicted octanol–water partition coefficient (Wildman–Crippen LogP) is 0.288. The van der Waals surface area contributed by atoms with Crippen LogP contribution < -0.4 is 11.1 Å². The quantitative estimate of drug-likeness (QED) is 0.580. The van der Waals surface area contributed by atoms with Crippen molar-refractivity contribution in [1.29, 1.82) is 0 Å². The van der Waals surface area contributed by atoms with Gasteiger partial charge in [0.25, 0.3) is 0 Å². The molecule has 1 heterocycles. The Labute approximate surface area is 66.9 Å². The van der Waals surface area contributed by atoms with Crippen LogP contribution in [0.2, 0.25) is 0 Å². The molecule has 1 fully saturated rings. The summed E-state index contributed by atoms with van der Waals surface area (Å²) in [6.45, 7) is 2.91. The average molecular weight is 160 g/mol. The van der Waals surface area contributed by atoms with Gasteiger partial charge in [-0.05, 0) is 30.4 Å². The number of rotatable bonds is 4. The third-order valence-corrected chi connectivity index (χ3v) is 3.01. The zero-order chi connectivity index (χ0) is 7.23. The molecule has 0 aromatic rings. The molecule has 3 heteroatoms. The lowest BCUT2D eigenvalue weighted by molar-refractivity contribution is 0.528. The summed E-state index contributed by atoms with van der Waals surface area (Å²) in [6, 6.07) is 0. The maximum atomic E-state index is 5.35. The molecule has 2 nitrogen and oxygen atoms in total. The van der Waals surface area contributed by atoms with Crippen molar-refractivity contribution in [3.8, 4) is 0 Å². The molecule has 1 aliphatic rings. The summed E-state index contributed by atoms with van der Waals surface area (Å²) < 4.78 is 0. The van der Waals surface area contributed by atoms with E-state index in [9.17, 15) is 0 Å². The largest absolute Gasteiger partial charge is 0.329 e. The maximum Gasteiger partial charge on any atom is 0.00746 e. The molecular weight excluding hydrogens is 144 g/mol. The molecule has 0 aliphatic carbocycles. The second kappa shape index (κ2) is 4.99. The Morgan fingerprint density at radius 2 is 2.50 bits per heavy atom. The van der Waals surface area contributed by atoms with Crippen LogP contribution in [0.3, 0.4) is 0 Å². The molecule has 0 amide bonds. The van der Waals surface area contributed by atoms with Gasteiger partial charge in [0.15, 0.2) is 0 Å². The smallest absolute Gasteiger partial charge is 0.00746 e. The molecule has 1 aliphatic heterocycles. The first kappa shape index (κ1) is 8.37. The molecule has 0 radical (unpaired) electrons. The van der Waals surface area contributed by atoms with Crippen molar-refractivity contribution in [2.24, 2.45) is 11.7 Å². The standard InChI is InChI=1S/C7H16N2S/c8-2-3-9-5-7-1-4-10-6-7/h7,9H,1-6,8H2. The van der Waals surface area contributed by atoms with Gasteiger partial charge in [-0.3, -0.25) is 0 Å². The Balaban J connectivity index is 1.91. The second-order valence-electron chi connectivity index (χ2n) is 2.72. The van der Waals surface area contributed by atoms with E-state index in [1.54, 1.807) is 0 Å². The maximum absolute atomic E-state index is 5.35. The van der Waals surface area contributed by atoms with Gasteiger partial charge in [0, 0.05) is 13.1 Å². The predicted molar refractivity (Wildman–Crippen MR) is 47.4 cm³/mol. The zero-order valence-corrected chi connectivity index (χ0v) is 7.12. The molecule has 1 saturated heterocycles. The van der Waals surface area contributed by atoms with Crippen LogP contribution in [0.15, 0.2) is 0 Å². The molecule has 10 heavy (non-hydrogen) atoms. The van der Waals surface area contributed by atoms with Gasteiger partial charge in [-0.1, -0.05) is 0 Å². The van der Waals surface area contributed by atoms with Crippen molar-refractivity contribution in [1.82, 2.24) is 5.32 Å². The van der Waals surface area contributed by atoms with E-state index in [0.717, 1.165) is 19.0 Å². The first-order valence-corrected chi connectivity index (χ1v) is 5.07. The lowest BCUT2D eigenvalue weighted by Crippen LogP contribution is -2.27. The number of nitrogens with one attached hydrogen (secondary N) is 1.